The lowest BCUT2D eigenvalue weighted by molar-refractivity contribution is 0.499. The molecule has 2 aliphatic rings. The van der Waals surface area contributed by atoms with Crippen LogP contribution in [0.15, 0.2) is 84.9 Å². The fourth-order valence-electron chi connectivity index (χ4n) is 4.37. The molecule has 0 nitrogen and oxygen atoms in total. The summed E-state index contributed by atoms with van der Waals surface area (Å²) >= 11 is 0. The average molecular weight is 320 g/mol. The third-order valence-electron chi connectivity index (χ3n) is 5.62. The minimum atomic E-state index is 0.0457. The van der Waals surface area contributed by atoms with Gasteiger partial charge in [-0.05, 0) is 52.3 Å². The molecule has 1 atom stereocenters. The van der Waals surface area contributed by atoms with Crippen molar-refractivity contribution in [3.05, 3.63) is 113 Å². The highest BCUT2D eigenvalue weighted by atomic mass is 14.4. The van der Waals surface area contributed by atoms with Gasteiger partial charge in [0.15, 0.2) is 0 Å². The van der Waals surface area contributed by atoms with Gasteiger partial charge in [0, 0.05) is 5.41 Å². The summed E-state index contributed by atoms with van der Waals surface area (Å²) < 4.78 is 0. The Bertz CT molecular complexity index is 987. The average Bonchev–Trinajstić information content (AvgIpc) is 2.68. The molecule has 0 heterocycles. The van der Waals surface area contributed by atoms with Crippen molar-refractivity contribution in [3.8, 4) is 0 Å². The molecule has 3 aromatic carbocycles. The maximum absolute atomic E-state index is 2.45. The van der Waals surface area contributed by atoms with Gasteiger partial charge < -0.3 is 0 Å². The van der Waals surface area contributed by atoms with Gasteiger partial charge in [0.2, 0.25) is 0 Å². The quantitative estimate of drug-likeness (QED) is 0.513. The van der Waals surface area contributed by atoms with E-state index in [9.17, 15) is 0 Å². The van der Waals surface area contributed by atoms with E-state index in [1.54, 1.807) is 0 Å². The maximum Gasteiger partial charge on any atom is 0.0222 e. The predicted octanol–water partition coefficient (Wildman–Crippen LogP) is 6.04. The monoisotopic (exact) mass is 320 g/mol. The van der Waals surface area contributed by atoms with E-state index in [0.29, 0.717) is 0 Å². The highest BCUT2D eigenvalue weighted by molar-refractivity contribution is 5.90. The highest BCUT2D eigenvalue weighted by Gasteiger charge is 2.38. The molecule has 5 rings (SSSR count). The van der Waals surface area contributed by atoms with Crippen LogP contribution in [0.2, 0.25) is 0 Å². The maximum atomic E-state index is 2.45. The zero-order chi connectivity index (χ0) is 16.7. The van der Waals surface area contributed by atoms with Crippen LogP contribution in [-0.4, -0.2) is 0 Å². The van der Waals surface area contributed by atoms with E-state index in [-0.39, 0.29) is 5.41 Å². The molecule has 1 unspecified atom stereocenters. The molecule has 25 heavy (non-hydrogen) atoms. The van der Waals surface area contributed by atoms with E-state index < -0.39 is 0 Å². The highest BCUT2D eigenvalue weighted by Crippen LogP contribution is 2.49. The summed E-state index contributed by atoms with van der Waals surface area (Å²) in [5.74, 6) is 0. The van der Waals surface area contributed by atoms with E-state index in [2.05, 4.69) is 97.1 Å². The van der Waals surface area contributed by atoms with Crippen molar-refractivity contribution >= 4 is 17.7 Å². The third kappa shape index (κ3) is 2.37. The lowest BCUT2D eigenvalue weighted by Gasteiger charge is -2.40. The Morgan fingerprint density at radius 1 is 0.600 bits per heavy atom. The first-order chi connectivity index (χ1) is 12.3. The molecule has 0 amide bonds. The van der Waals surface area contributed by atoms with Crippen LogP contribution in [0.3, 0.4) is 0 Å². The zero-order valence-corrected chi connectivity index (χ0v) is 14.2. The Hall–Kier alpha value is -2.86. The fourth-order valence-corrected chi connectivity index (χ4v) is 4.37. The van der Waals surface area contributed by atoms with Gasteiger partial charge >= 0.3 is 0 Å². The van der Waals surface area contributed by atoms with E-state index >= 15 is 0 Å². The van der Waals surface area contributed by atoms with Gasteiger partial charge in [-0.3, -0.25) is 0 Å². The van der Waals surface area contributed by atoms with Crippen molar-refractivity contribution < 1.29 is 0 Å². The molecule has 1 spiro atoms. The number of benzene rings is 3. The molecule has 120 valence electrons. The van der Waals surface area contributed by atoms with Crippen molar-refractivity contribution in [3.63, 3.8) is 0 Å². The largest absolute Gasteiger partial charge is 0.0727 e. The summed E-state index contributed by atoms with van der Waals surface area (Å²) in [6.45, 7) is 0. The first kappa shape index (κ1) is 14.5. The summed E-state index contributed by atoms with van der Waals surface area (Å²) in [7, 11) is 0. The van der Waals surface area contributed by atoms with Crippen LogP contribution in [0.5, 0.6) is 0 Å². The molecule has 2 aliphatic carbocycles. The summed E-state index contributed by atoms with van der Waals surface area (Å²) in [5.41, 5.74) is 8.44. The smallest absolute Gasteiger partial charge is 0.0222 e. The Balaban J connectivity index is 1.71. The van der Waals surface area contributed by atoms with Crippen LogP contribution in [-0.2, 0) is 12.8 Å². The normalized spacial score (nSPS) is 20.7. The number of rotatable bonds is 1. The van der Waals surface area contributed by atoms with Gasteiger partial charge in [0.25, 0.3) is 0 Å². The molecular formula is C25H20. The van der Waals surface area contributed by atoms with Gasteiger partial charge in [0.1, 0.15) is 0 Å². The number of fused-ring (bicyclic) bond motifs is 2. The van der Waals surface area contributed by atoms with Crippen molar-refractivity contribution in [2.45, 2.75) is 12.8 Å². The Morgan fingerprint density at radius 3 is 1.96 bits per heavy atom. The second-order valence-corrected chi connectivity index (χ2v) is 7.16. The molecule has 0 aliphatic heterocycles. The standard InChI is InChI=1S/C25H20/c1-2-9-20(10-3-1)24-16-21-11-5-7-13-23(21)18-25(24)15-14-19-8-4-6-12-22(19)17-25/h1-16H,17-18H2. The predicted molar refractivity (Wildman–Crippen MR) is 106 cm³/mol. The molecule has 0 saturated heterocycles. The van der Waals surface area contributed by atoms with E-state index in [4.69, 9.17) is 0 Å². The lowest BCUT2D eigenvalue weighted by Crippen LogP contribution is -2.30. The second-order valence-electron chi connectivity index (χ2n) is 7.16. The Morgan fingerprint density at radius 2 is 1.20 bits per heavy atom. The fraction of sp³-hybridized carbons (Fsp3) is 0.120. The second kappa shape index (κ2) is 5.60. The minimum absolute atomic E-state index is 0.0457. The molecule has 0 saturated carbocycles. The first-order valence-corrected chi connectivity index (χ1v) is 8.97. The molecule has 0 fully saturated rings. The molecule has 0 bridgehead atoms. The van der Waals surface area contributed by atoms with Crippen molar-refractivity contribution in [2.75, 3.05) is 0 Å². The van der Waals surface area contributed by atoms with Crippen LogP contribution in [0, 0.1) is 5.41 Å². The molecule has 0 N–H and O–H groups in total. The van der Waals surface area contributed by atoms with E-state index in [1.165, 1.54) is 33.4 Å². The molecule has 0 heteroatoms. The van der Waals surface area contributed by atoms with Crippen LogP contribution in [0.25, 0.3) is 17.7 Å². The van der Waals surface area contributed by atoms with Crippen molar-refractivity contribution in [1.82, 2.24) is 0 Å². The van der Waals surface area contributed by atoms with E-state index in [0.717, 1.165) is 12.8 Å². The van der Waals surface area contributed by atoms with Crippen molar-refractivity contribution in [2.24, 2.45) is 5.41 Å². The van der Waals surface area contributed by atoms with Crippen molar-refractivity contribution in [1.29, 1.82) is 0 Å². The topological polar surface area (TPSA) is 0 Å². The number of allylic oxidation sites excluding steroid dienone is 2. The Kier molecular flexibility index (Phi) is 3.24. The molecule has 0 radical (unpaired) electrons. The van der Waals surface area contributed by atoms with Gasteiger partial charge in [-0.1, -0.05) is 91.0 Å². The molecule has 0 aromatic heterocycles. The number of hydrogen-bond acceptors (Lipinski definition) is 0. The zero-order valence-electron chi connectivity index (χ0n) is 14.2. The summed E-state index contributed by atoms with van der Waals surface area (Å²) in [5, 5.41) is 0. The van der Waals surface area contributed by atoms with Crippen LogP contribution >= 0.6 is 0 Å². The van der Waals surface area contributed by atoms with Gasteiger partial charge in [-0.2, -0.15) is 0 Å². The minimum Gasteiger partial charge on any atom is -0.0727 e. The van der Waals surface area contributed by atoms with Crippen LogP contribution in [0.4, 0.5) is 0 Å². The van der Waals surface area contributed by atoms with Gasteiger partial charge in [-0.15, -0.1) is 0 Å². The summed E-state index contributed by atoms with van der Waals surface area (Å²) in [6, 6.07) is 28.5. The van der Waals surface area contributed by atoms with E-state index in [1.807, 2.05) is 0 Å². The third-order valence-corrected chi connectivity index (χ3v) is 5.62. The lowest BCUT2D eigenvalue weighted by atomic mass is 9.63. The SMILES string of the molecule is C1=CC2(Cc3ccccc31)Cc1ccccc1C=C2c1ccccc1. The first-order valence-electron chi connectivity index (χ1n) is 8.97. The summed E-state index contributed by atoms with van der Waals surface area (Å²) in [4.78, 5) is 0. The molecule has 3 aromatic rings. The number of hydrogen-bond donors (Lipinski definition) is 0. The van der Waals surface area contributed by atoms with Crippen LogP contribution < -0.4 is 0 Å². The van der Waals surface area contributed by atoms with Gasteiger partial charge in [0.05, 0.1) is 0 Å². The molecular weight excluding hydrogens is 300 g/mol. The van der Waals surface area contributed by atoms with Gasteiger partial charge in [-0.25, -0.2) is 0 Å². The Labute approximate surface area is 149 Å². The summed E-state index contributed by atoms with van der Waals surface area (Å²) in [6.07, 6.45) is 9.31. The van der Waals surface area contributed by atoms with Crippen LogP contribution in [0.1, 0.15) is 27.8 Å².